The molecule has 3 atom stereocenters. The van der Waals surface area contributed by atoms with Crippen LogP contribution in [0, 0.1) is 5.92 Å². The number of piperidine rings is 1. The highest BCUT2D eigenvalue weighted by atomic mass is 16.5. The Hall–Kier alpha value is -1.75. The molecule has 4 rings (SSSR count). The first-order chi connectivity index (χ1) is 13.1. The van der Waals surface area contributed by atoms with Gasteiger partial charge in [0, 0.05) is 35.9 Å². The summed E-state index contributed by atoms with van der Waals surface area (Å²) in [6.07, 6.45) is 6.23. The number of fused-ring (bicyclic) bond motifs is 1. The molecule has 27 heavy (non-hydrogen) atoms. The molecule has 2 aliphatic heterocycles. The summed E-state index contributed by atoms with van der Waals surface area (Å²) < 4.78 is 11.8. The Kier molecular flexibility index (Phi) is 5.58. The number of hydrogen-bond acceptors (Lipinski definition) is 4. The maximum Gasteiger partial charge on any atom is 0.220 e. The molecule has 1 aromatic carbocycles. The zero-order valence-corrected chi connectivity index (χ0v) is 16.6. The molecule has 1 aromatic rings. The van der Waals surface area contributed by atoms with Crippen molar-refractivity contribution in [3.05, 3.63) is 23.3 Å². The minimum Gasteiger partial charge on any atom is -0.494 e. The van der Waals surface area contributed by atoms with Gasteiger partial charge in [-0.25, -0.2) is 0 Å². The standard InChI is InChI=1S/C22H32N2O3/c1-3-26-21-11-16-10-14(2)27-20(16)13-18(21)17-12-19(17)24-22(25)5-4-15-6-8-23-9-7-15/h11,13-15,17,19,23H,3-10,12H2,1-2H3,(H,24,25). The van der Waals surface area contributed by atoms with Gasteiger partial charge in [0.1, 0.15) is 17.6 Å². The molecule has 0 aromatic heterocycles. The summed E-state index contributed by atoms with van der Waals surface area (Å²) >= 11 is 0. The van der Waals surface area contributed by atoms with Gasteiger partial charge >= 0.3 is 0 Å². The predicted molar refractivity (Wildman–Crippen MR) is 106 cm³/mol. The lowest BCUT2D eigenvalue weighted by Gasteiger charge is -2.22. The molecular formula is C22H32N2O3. The highest BCUT2D eigenvalue weighted by molar-refractivity contribution is 5.77. The second kappa shape index (κ2) is 8.09. The molecule has 1 amide bonds. The van der Waals surface area contributed by atoms with Gasteiger partial charge in [-0.1, -0.05) is 0 Å². The fraction of sp³-hybridized carbons (Fsp3) is 0.682. The van der Waals surface area contributed by atoms with Crippen molar-refractivity contribution in [3.8, 4) is 11.5 Å². The van der Waals surface area contributed by atoms with Crippen LogP contribution in [-0.2, 0) is 11.2 Å². The smallest absolute Gasteiger partial charge is 0.220 e. The minimum absolute atomic E-state index is 0.199. The normalized spacial score (nSPS) is 27.0. The van der Waals surface area contributed by atoms with E-state index in [1.807, 2.05) is 6.92 Å². The van der Waals surface area contributed by atoms with Crippen LogP contribution in [0.15, 0.2) is 12.1 Å². The zero-order valence-electron chi connectivity index (χ0n) is 16.6. The van der Waals surface area contributed by atoms with Gasteiger partial charge in [0.05, 0.1) is 6.61 Å². The molecule has 1 saturated carbocycles. The molecule has 2 heterocycles. The maximum atomic E-state index is 12.4. The van der Waals surface area contributed by atoms with E-state index in [9.17, 15) is 4.79 Å². The van der Waals surface area contributed by atoms with E-state index in [-0.39, 0.29) is 18.1 Å². The second-order valence-electron chi connectivity index (χ2n) is 8.31. The lowest BCUT2D eigenvalue weighted by Crippen LogP contribution is -2.30. The molecule has 3 unspecified atom stereocenters. The van der Waals surface area contributed by atoms with Gasteiger partial charge in [-0.2, -0.15) is 0 Å². The number of carbonyl (C=O) groups excluding carboxylic acids is 1. The van der Waals surface area contributed by atoms with E-state index >= 15 is 0 Å². The van der Waals surface area contributed by atoms with Gasteiger partial charge < -0.3 is 20.1 Å². The van der Waals surface area contributed by atoms with Gasteiger partial charge in [0.25, 0.3) is 0 Å². The lowest BCUT2D eigenvalue weighted by molar-refractivity contribution is -0.121. The van der Waals surface area contributed by atoms with Gasteiger partial charge in [0.2, 0.25) is 5.91 Å². The first-order valence-electron chi connectivity index (χ1n) is 10.6. The molecule has 2 N–H and O–H groups in total. The van der Waals surface area contributed by atoms with Gasteiger partial charge in [-0.15, -0.1) is 0 Å². The van der Waals surface area contributed by atoms with Crippen molar-refractivity contribution in [2.75, 3.05) is 19.7 Å². The molecule has 148 valence electrons. The van der Waals surface area contributed by atoms with Crippen LogP contribution in [0.3, 0.4) is 0 Å². The van der Waals surface area contributed by atoms with E-state index < -0.39 is 0 Å². The molecule has 5 heteroatoms. The van der Waals surface area contributed by atoms with E-state index in [1.165, 1.54) is 24.0 Å². The summed E-state index contributed by atoms with van der Waals surface area (Å²) in [4.78, 5) is 12.4. The van der Waals surface area contributed by atoms with Crippen molar-refractivity contribution >= 4 is 5.91 Å². The van der Waals surface area contributed by atoms with Crippen LogP contribution in [0.5, 0.6) is 11.5 Å². The average Bonchev–Trinajstić information content (AvgIpc) is 3.31. The van der Waals surface area contributed by atoms with Crippen molar-refractivity contribution < 1.29 is 14.3 Å². The predicted octanol–water partition coefficient (Wildman–Crippen LogP) is 3.16. The third kappa shape index (κ3) is 4.40. The maximum absolute atomic E-state index is 12.4. The Bertz CT molecular complexity index is 684. The molecule has 0 spiro atoms. The third-order valence-corrected chi connectivity index (χ3v) is 6.10. The van der Waals surface area contributed by atoms with Crippen molar-refractivity contribution in [1.29, 1.82) is 0 Å². The van der Waals surface area contributed by atoms with E-state index in [4.69, 9.17) is 9.47 Å². The lowest BCUT2D eigenvalue weighted by atomic mass is 9.93. The Labute approximate surface area is 162 Å². The monoisotopic (exact) mass is 372 g/mol. The quantitative estimate of drug-likeness (QED) is 0.772. The van der Waals surface area contributed by atoms with Gasteiger partial charge in [-0.05, 0) is 70.7 Å². The van der Waals surface area contributed by atoms with Crippen molar-refractivity contribution in [1.82, 2.24) is 10.6 Å². The molecule has 0 bridgehead atoms. The molecule has 5 nitrogen and oxygen atoms in total. The summed E-state index contributed by atoms with van der Waals surface area (Å²) in [6, 6.07) is 4.53. The number of nitrogens with one attached hydrogen (secondary N) is 2. The van der Waals surface area contributed by atoms with Crippen LogP contribution in [0.1, 0.15) is 63.0 Å². The fourth-order valence-electron chi connectivity index (χ4n) is 4.51. The molecule has 1 saturated heterocycles. The number of benzene rings is 1. The Balaban J connectivity index is 1.34. The molecular weight excluding hydrogens is 340 g/mol. The summed E-state index contributed by atoms with van der Waals surface area (Å²) in [5.41, 5.74) is 2.42. The fourth-order valence-corrected chi connectivity index (χ4v) is 4.51. The summed E-state index contributed by atoms with van der Waals surface area (Å²) in [6.45, 7) is 6.96. The van der Waals surface area contributed by atoms with Crippen LogP contribution in [-0.4, -0.2) is 37.7 Å². The van der Waals surface area contributed by atoms with Crippen molar-refractivity contribution in [2.45, 2.75) is 70.4 Å². The zero-order chi connectivity index (χ0) is 18.8. The van der Waals surface area contributed by atoms with Gasteiger partial charge in [0.15, 0.2) is 0 Å². The SMILES string of the molecule is CCOc1cc2c(cc1C1CC1NC(=O)CCC1CCNCC1)OC(C)C2. The molecule has 3 aliphatic rings. The molecule has 0 radical (unpaired) electrons. The average molecular weight is 373 g/mol. The van der Waals surface area contributed by atoms with Crippen LogP contribution in [0.25, 0.3) is 0 Å². The van der Waals surface area contributed by atoms with E-state index in [2.05, 4.69) is 29.7 Å². The number of amides is 1. The number of carbonyl (C=O) groups is 1. The summed E-state index contributed by atoms with van der Waals surface area (Å²) in [5, 5.41) is 6.62. The highest BCUT2D eigenvalue weighted by Crippen LogP contribution is 2.48. The Morgan fingerprint density at radius 1 is 1.33 bits per heavy atom. The van der Waals surface area contributed by atoms with Crippen molar-refractivity contribution in [3.63, 3.8) is 0 Å². The Morgan fingerprint density at radius 2 is 2.15 bits per heavy atom. The van der Waals surface area contributed by atoms with Crippen molar-refractivity contribution in [2.24, 2.45) is 5.92 Å². The largest absolute Gasteiger partial charge is 0.494 e. The number of hydrogen-bond donors (Lipinski definition) is 2. The topological polar surface area (TPSA) is 59.6 Å². The van der Waals surface area contributed by atoms with E-state index in [1.54, 1.807) is 0 Å². The first-order valence-corrected chi connectivity index (χ1v) is 10.6. The number of rotatable bonds is 7. The summed E-state index contributed by atoms with van der Waals surface area (Å²) in [7, 11) is 0. The minimum atomic E-state index is 0.199. The summed E-state index contributed by atoms with van der Waals surface area (Å²) in [5.74, 6) is 3.20. The highest BCUT2D eigenvalue weighted by Gasteiger charge is 2.42. The Morgan fingerprint density at radius 3 is 2.93 bits per heavy atom. The first kappa shape index (κ1) is 18.6. The second-order valence-corrected chi connectivity index (χ2v) is 8.31. The van der Waals surface area contributed by atoms with Crippen LogP contribution < -0.4 is 20.1 Å². The molecule has 1 aliphatic carbocycles. The van der Waals surface area contributed by atoms with Crippen LogP contribution in [0.2, 0.25) is 0 Å². The van der Waals surface area contributed by atoms with Crippen LogP contribution >= 0.6 is 0 Å². The van der Waals surface area contributed by atoms with Crippen LogP contribution in [0.4, 0.5) is 0 Å². The third-order valence-electron chi connectivity index (χ3n) is 6.10. The van der Waals surface area contributed by atoms with E-state index in [0.717, 1.165) is 43.9 Å². The molecule has 2 fully saturated rings. The van der Waals surface area contributed by atoms with E-state index in [0.29, 0.717) is 24.9 Å². The van der Waals surface area contributed by atoms with Gasteiger partial charge in [-0.3, -0.25) is 4.79 Å². The number of ether oxygens (including phenoxy) is 2.